The topological polar surface area (TPSA) is 66.1 Å². The van der Waals surface area contributed by atoms with Gasteiger partial charge >= 0.3 is 0 Å². The minimum atomic E-state index is 0.0687. The summed E-state index contributed by atoms with van der Waals surface area (Å²) in [6.07, 6.45) is 2.47. The Morgan fingerprint density at radius 2 is 1.77 bits per heavy atom. The van der Waals surface area contributed by atoms with Crippen molar-refractivity contribution in [1.82, 2.24) is 9.80 Å². The van der Waals surface area contributed by atoms with Crippen molar-refractivity contribution in [2.75, 3.05) is 45.1 Å². The highest BCUT2D eigenvalue weighted by atomic mass is 15.2. The van der Waals surface area contributed by atoms with Crippen LogP contribution in [-0.4, -0.2) is 49.6 Å². The van der Waals surface area contributed by atoms with E-state index >= 15 is 0 Å². The lowest BCUT2D eigenvalue weighted by Crippen LogP contribution is -2.45. The summed E-state index contributed by atoms with van der Waals surface area (Å²) in [5, 5.41) is 20.3. The third-order valence-electron chi connectivity index (χ3n) is 3.89. The number of nitrogens with one attached hydrogen (secondary N) is 1. The normalized spacial score (nSPS) is 15.6. The van der Waals surface area contributed by atoms with Crippen LogP contribution in [0.1, 0.15) is 5.56 Å². The summed E-state index contributed by atoms with van der Waals surface area (Å²) < 4.78 is 0. The van der Waals surface area contributed by atoms with Crippen molar-refractivity contribution in [2.45, 2.75) is 6.42 Å². The maximum atomic E-state index is 8.67. The van der Waals surface area contributed by atoms with Gasteiger partial charge < -0.3 is 15.1 Å². The molecule has 0 unspecified atom stereocenters. The average Bonchev–Trinajstić information content (AvgIpc) is 2.56. The number of nitrogens with zero attached hydrogens (tertiary/aromatic N) is 4. The van der Waals surface area contributed by atoms with Crippen LogP contribution in [0.2, 0.25) is 0 Å². The highest BCUT2D eigenvalue weighted by molar-refractivity contribution is 5.50. The number of hydrogen-bond acceptors (Lipinski definition) is 5. The van der Waals surface area contributed by atoms with Gasteiger partial charge in [-0.1, -0.05) is 12.1 Å². The first-order valence-electron chi connectivity index (χ1n) is 7.48. The van der Waals surface area contributed by atoms with Crippen molar-refractivity contribution in [1.29, 1.82) is 10.5 Å². The van der Waals surface area contributed by atoms with Crippen LogP contribution in [0.15, 0.2) is 36.0 Å². The van der Waals surface area contributed by atoms with E-state index < -0.39 is 0 Å². The van der Waals surface area contributed by atoms with Crippen molar-refractivity contribution >= 4 is 5.69 Å². The first-order valence-corrected chi connectivity index (χ1v) is 7.48. The van der Waals surface area contributed by atoms with E-state index in [1.165, 1.54) is 11.8 Å². The Balaban J connectivity index is 1.81. The SMILES string of the molecule is CN1CCN(CCc2ccc(NC=C(C#N)C#N)cc2)CC1. The van der Waals surface area contributed by atoms with E-state index in [2.05, 4.69) is 34.3 Å². The summed E-state index contributed by atoms with van der Waals surface area (Å²) in [6, 6.07) is 11.8. The van der Waals surface area contributed by atoms with Gasteiger partial charge in [-0.2, -0.15) is 10.5 Å². The van der Waals surface area contributed by atoms with Gasteiger partial charge in [0.15, 0.2) is 0 Å². The molecule has 22 heavy (non-hydrogen) atoms. The molecule has 1 aromatic carbocycles. The quantitative estimate of drug-likeness (QED) is 0.839. The van der Waals surface area contributed by atoms with Crippen molar-refractivity contribution in [3.05, 3.63) is 41.6 Å². The molecule has 0 radical (unpaired) electrons. The van der Waals surface area contributed by atoms with Crippen LogP contribution in [0.25, 0.3) is 0 Å². The molecule has 1 saturated heterocycles. The van der Waals surface area contributed by atoms with Gasteiger partial charge in [-0.3, -0.25) is 0 Å². The van der Waals surface area contributed by atoms with Crippen LogP contribution in [0.3, 0.4) is 0 Å². The molecule has 0 amide bonds. The Bertz CT molecular complexity index is 567. The second kappa shape index (κ2) is 8.19. The van der Waals surface area contributed by atoms with Crippen LogP contribution in [0.4, 0.5) is 5.69 Å². The molecule has 0 aliphatic carbocycles. The number of likely N-dealkylation sites (N-methyl/N-ethyl adjacent to an activating group) is 1. The molecule has 5 heteroatoms. The number of hydrogen-bond donors (Lipinski definition) is 1. The van der Waals surface area contributed by atoms with Crippen molar-refractivity contribution in [3.8, 4) is 12.1 Å². The van der Waals surface area contributed by atoms with Crippen LogP contribution >= 0.6 is 0 Å². The Hall–Kier alpha value is -2.34. The van der Waals surface area contributed by atoms with Gasteiger partial charge in [0.2, 0.25) is 0 Å². The molecule has 1 aliphatic heterocycles. The van der Waals surface area contributed by atoms with E-state index in [0.717, 1.165) is 44.8 Å². The summed E-state index contributed by atoms with van der Waals surface area (Å²) in [7, 11) is 2.17. The number of piperazine rings is 1. The molecule has 0 saturated carbocycles. The maximum absolute atomic E-state index is 8.67. The minimum Gasteiger partial charge on any atom is -0.360 e. The summed E-state index contributed by atoms with van der Waals surface area (Å²) in [5.41, 5.74) is 2.25. The number of allylic oxidation sites excluding steroid dienone is 1. The molecule has 114 valence electrons. The molecule has 1 fully saturated rings. The number of nitriles is 2. The first kappa shape index (κ1) is 16.0. The molecule has 2 rings (SSSR count). The fourth-order valence-corrected chi connectivity index (χ4v) is 2.37. The second-order valence-electron chi connectivity index (χ2n) is 5.52. The summed E-state index contributed by atoms with van der Waals surface area (Å²) in [6.45, 7) is 5.68. The zero-order chi connectivity index (χ0) is 15.8. The van der Waals surface area contributed by atoms with E-state index in [-0.39, 0.29) is 5.57 Å². The lowest BCUT2D eigenvalue weighted by Gasteiger charge is -2.32. The minimum absolute atomic E-state index is 0.0687. The second-order valence-corrected chi connectivity index (χ2v) is 5.52. The lowest BCUT2D eigenvalue weighted by atomic mass is 10.1. The molecule has 5 nitrogen and oxygen atoms in total. The maximum Gasteiger partial charge on any atom is 0.145 e. The van der Waals surface area contributed by atoms with E-state index in [9.17, 15) is 0 Å². The summed E-state index contributed by atoms with van der Waals surface area (Å²) >= 11 is 0. The van der Waals surface area contributed by atoms with Crippen molar-refractivity contribution < 1.29 is 0 Å². The predicted octanol–water partition coefficient (Wildman–Crippen LogP) is 1.82. The fraction of sp³-hybridized carbons (Fsp3) is 0.412. The third kappa shape index (κ3) is 4.89. The van der Waals surface area contributed by atoms with Crippen LogP contribution in [0, 0.1) is 22.7 Å². The number of benzene rings is 1. The fourth-order valence-electron chi connectivity index (χ4n) is 2.37. The summed E-state index contributed by atoms with van der Waals surface area (Å²) in [4.78, 5) is 4.86. The standard InChI is InChI=1S/C17H21N5/c1-21-8-10-22(11-9-21)7-6-15-2-4-17(5-3-15)20-14-16(12-18)13-19/h2-5,14,20H,6-11H2,1H3. The third-order valence-corrected chi connectivity index (χ3v) is 3.89. The summed E-state index contributed by atoms with van der Waals surface area (Å²) in [5.74, 6) is 0. The van der Waals surface area contributed by atoms with Crippen LogP contribution < -0.4 is 5.32 Å². The molecule has 0 bridgehead atoms. The first-order chi connectivity index (χ1) is 10.7. The van der Waals surface area contributed by atoms with Crippen molar-refractivity contribution in [2.24, 2.45) is 0 Å². The van der Waals surface area contributed by atoms with Gasteiger partial charge in [-0.15, -0.1) is 0 Å². The lowest BCUT2D eigenvalue weighted by molar-refractivity contribution is 0.155. The molecule has 0 spiro atoms. The van der Waals surface area contributed by atoms with Crippen molar-refractivity contribution in [3.63, 3.8) is 0 Å². The zero-order valence-electron chi connectivity index (χ0n) is 12.9. The van der Waals surface area contributed by atoms with Gasteiger partial charge in [0.1, 0.15) is 17.7 Å². The molecule has 1 aromatic rings. The van der Waals surface area contributed by atoms with E-state index in [0.29, 0.717) is 0 Å². The Morgan fingerprint density at radius 1 is 1.14 bits per heavy atom. The predicted molar refractivity (Wildman–Crippen MR) is 87.0 cm³/mol. The molecule has 1 heterocycles. The van der Waals surface area contributed by atoms with E-state index in [4.69, 9.17) is 10.5 Å². The molecule has 0 atom stereocenters. The average molecular weight is 295 g/mol. The van der Waals surface area contributed by atoms with Gasteiger partial charge in [0, 0.05) is 44.6 Å². The van der Waals surface area contributed by atoms with Gasteiger partial charge in [0.25, 0.3) is 0 Å². The van der Waals surface area contributed by atoms with Gasteiger partial charge in [0.05, 0.1) is 0 Å². The highest BCUT2D eigenvalue weighted by Gasteiger charge is 2.12. The highest BCUT2D eigenvalue weighted by Crippen LogP contribution is 2.11. The molecule has 1 N–H and O–H groups in total. The molecule has 0 aromatic heterocycles. The smallest absolute Gasteiger partial charge is 0.145 e. The van der Waals surface area contributed by atoms with E-state index in [1.807, 2.05) is 24.3 Å². The number of rotatable bonds is 5. The van der Waals surface area contributed by atoms with Crippen LogP contribution in [-0.2, 0) is 6.42 Å². The molecule has 1 aliphatic rings. The Kier molecular flexibility index (Phi) is 5.97. The monoisotopic (exact) mass is 295 g/mol. The Morgan fingerprint density at radius 3 is 2.36 bits per heavy atom. The van der Waals surface area contributed by atoms with Crippen LogP contribution in [0.5, 0.6) is 0 Å². The van der Waals surface area contributed by atoms with E-state index in [1.54, 1.807) is 0 Å². The number of anilines is 1. The van der Waals surface area contributed by atoms with Gasteiger partial charge in [-0.05, 0) is 31.2 Å². The van der Waals surface area contributed by atoms with Gasteiger partial charge in [-0.25, -0.2) is 0 Å². The molecular formula is C17H21N5. The Labute approximate surface area is 132 Å². The largest absolute Gasteiger partial charge is 0.360 e. The molecular weight excluding hydrogens is 274 g/mol. The zero-order valence-corrected chi connectivity index (χ0v) is 12.9.